The lowest BCUT2D eigenvalue weighted by molar-refractivity contribution is -0.139. The molecule has 0 aliphatic rings. The molecule has 0 aliphatic carbocycles. The van der Waals surface area contributed by atoms with Crippen LogP contribution in [-0.4, -0.2) is 42.1 Å². The Bertz CT molecular complexity index is 263. The molecule has 0 aromatic rings. The van der Waals surface area contributed by atoms with E-state index in [1.807, 2.05) is 0 Å². The molecule has 0 saturated heterocycles. The summed E-state index contributed by atoms with van der Waals surface area (Å²) in [4.78, 5) is 34.9. The van der Waals surface area contributed by atoms with Crippen LogP contribution in [0.5, 0.6) is 0 Å². The molecule has 0 bridgehead atoms. The number of hydrogen-bond acceptors (Lipinski definition) is 3. The predicted molar refractivity (Wildman–Crippen MR) is 56.2 cm³/mol. The van der Waals surface area contributed by atoms with Crippen LogP contribution < -0.4 is 5.32 Å². The maximum atomic E-state index is 11.6. The highest BCUT2D eigenvalue weighted by Crippen LogP contribution is 2.03. The van der Waals surface area contributed by atoms with Crippen LogP contribution in [0, 0.1) is 0 Å². The average Bonchev–Trinajstić information content (AvgIpc) is 2.13. The standard InChI is InChI=1S/C10H18N2O3/c1-5-11-10(15)9(6-7(2)13)12(4)8(3)14/h9H,5-6H2,1-4H3,(H,11,15). The van der Waals surface area contributed by atoms with E-state index in [1.165, 1.54) is 25.8 Å². The molecule has 0 rings (SSSR count). The van der Waals surface area contributed by atoms with E-state index in [2.05, 4.69) is 5.32 Å². The van der Waals surface area contributed by atoms with E-state index in [9.17, 15) is 14.4 Å². The third-order valence-electron chi connectivity index (χ3n) is 2.10. The Morgan fingerprint density at radius 1 is 1.27 bits per heavy atom. The Kier molecular flexibility index (Phi) is 5.59. The summed E-state index contributed by atoms with van der Waals surface area (Å²) in [6, 6.07) is -0.694. The number of Topliss-reactive ketones (excluding diaryl/α,β-unsaturated/α-hetero) is 1. The number of amides is 2. The zero-order valence-electron chi connectivity index (χ0n) is 9.66. The van der Waals surface area contributed by atoms with E-state index >= 15 is 0 Å². The third-order valence-corrected chi connectivity index (χ3v) is 2.10. The Morgan fingerprint density at radius 3 is 2.13 bits per heavy atom. The van der Waals surface area contributed by atoms with Crippen LogP contribution in [0.25, 0.3) is 0 Å². The van der Waals surface area contributed by atoms with E-state index in [-0.39, 0.29) is 24.0 Å². The topological polar surface area (TPSA) is 66.5 Å². The Labute approximate surface area is 89.8 Å². The summed E-state index contributed by atoms with van der Waals surface area (Å²) in [5.41, 5.74) is 0. The normalized spacial score (nSPS) is 11.7. The first-order valence-corrected chi connectivity index (χ1v) is 4.90. The van der Waals surface area contributed by atoms with E-state index in [0.717, 1.165) is 0 Å². The molecule has 1 N–H and O–H groups in total. The van der Waals surface area contributed by atoms with E-state index in [4.69, 9.17) is 0 Å². The zero-order chi connectivity index (χ0) is 12.0. The second kappa shape index (κ2) is 6.16. The highest BCUT2D eigenvalue weighted by atomic mass is 16.2. The summed E-state index contributed by atoms with van der Waals surface area (Å²) in [7, 11) is 1.52. The number of ketones is 1. The summed E-state index contributed by atoms with van der Waals surface area (Å²) < 4.78 is 0. The van der Waals surface area contributed by atoms with Gasteiger partial charge in [-0.3, -0.25) is 14.4 Å². The molecule has 0 spiro atoms. The van der Waals surface area contributed by atoms with Gasteiger partial charge < -0.3 is 10.2 Å². The van der Waals surface area contributed by atoms with Crippen molar-refractivity contribution in [3.8, 4) is 0 Å². The average molecular weight is 214 g/mol. The number of nitrogens with zero attached hydrogens (tertiary/aromatic N) is 1. The van der Waals surface area contributed by atoms with Crippen molar-refractivity contribution < 1.29 is 14.4 Å². The van der Waals surface area contributed by atoms with E-state index in [1.54, 1.807) is 6.92 Å². The van der Waals surface area contributed by atoms with Gasteiger partial charge >= 0.3 is 0 Å². The van der Waals surface area contributed by atoms with Gasteiger partial charge in [0.1, 0.15) is 11.8 Å². The number of carbonyl (C=O) groups excluding carboxylic acids is 3. The van der Waals surface area contributed by atoms with Crippen LogP contribution in [0.2, 0.25) is 0 Å². The van der Waals surface area contributed by atoms with Gasteiger partial charge in [-0.1, -0.05) is 0 Å². The quantitative estimate of drug-likeness (QED) is 0.697. The molecule has 1 atom stereocenters. The number of nitrogens with one attached hydrogen (secondary N) is 1. The zero-order valence-corrected chi connectivity index (χ0v) is 9.66. The van der Waals surface area contributed by atoms with Crippen LogP contribution in [0.1, 0.15) is 27.2 Å². The Balaban J connectivity index is 4.63. The Hall–Kier alpha value is -1.39. The maximum Gasteiger partial charge on any atom is 0.243 e. The second-order valence-electron chi connectivity index (χ2n) is 3.45. The van der Waals surface area contributed by atoms with Gasteiger partial charge in [-0.2, -0.15) is 0 Å². The van der Waals surface area contributed by atoms with Crippen LogP contribution >= 0.6 is 0 Å². The van der Waals surface area contributed by atoms with Gasteiger partial charge in [-0.05, 0) is 13.8 Å². The van der Waals surface area contributed by atoms with Gasteiger partial charge in [0.05, 0.1) is 0 Å². The summed E-state index contributed by atoms with van der Waals surface area (Å²) in [5.74, 6) is -0.628. The molecule has 0 heterocycles. The smallest absolute Gasteiger partial charge is 0.243 e. The van der Waals surface area contributed by atoms with Gasteiger partial charge in [-0.15, -0.1) is 0 Å². The van der Waals surface area contributed by atoms with Crippen LogP contribution in [0.3, 0.4) is 0 Å². The van der Waals surface area contributed by atoms with Crippen molar-refractivity contribution in [1.29, 1.82) is 0 Å². The second-order valence-corrected chi connectivity index (χ2v) is 3.45. The van der Waals surface area contributed by atoms with E-state index in [0.29, 0.717) is 6.54 Å². The number of carbonyl (C=O) groups is 3. The van der Waals surface area contributed by atoms with Gasteiger partial charge in [0.25, 0.3) is 0 Å². The van der Waals surface area contributed by atoms with Crippen molar-refractivity contribution in [1.82, 2.24) is 10.2 Å². The molecule has 5 heteroatoms. The summed E-state index contributed by atoms with van der Waals surface area (Å²) in [6.07, 6.45) is 0.0575. The lowest BCUT2D eigenvalue weighted by Gasteiger charge is -2.25. The largest absolute Gasteiger partial charge is 0.355 e. The molecule has 0 aromatic heterocycles. The number of hydrogen-bond donors (Lipinski definition) is 1. The fourth-order valence-corrected chi connectivity index (χ4v) is 1.19. The maximum absolute atomic E-state index is 11.6. The molecule has 1 unspecified atom stereocenters. The number of rotatable bonds is 5. The molecule has 5 nitrogen and oxygen atoms in total. The predicted octanol–water partition coefficient (Wildman–Crippen LogP) is -0.0515. The highest BCUT2D eigenvalue weighted by Gasteiger charge is 2.25. The van der Waals surface area contributed by atoms with Crippen molar-refractivity contribution in [3.63, 3.8) is 0 Å². The lowest BCUT2D eigenvalue weighted by atomic mass is 10.1. The van der Waals surface area contributed by atoms with Crippen molar-refractivity contribution in [2.45, 2.75) is 33.2 Å². The minimum absolute atomic E-state index is 0.0575. The minimum atomic E-state index is -0.694. The molecule has 0 radical (unpaired) electrons. The number of likely N-dealkylation sites (N-methyl/N-ethyl adjacent to an activating group) is 2. The third kappa shape index (κ3) is 4.58. The molecule has 0 aliphatic heterocycles. The van der Waals surface area contributed by atoms with Gasteiger partial charge in [0.15, 0.2) is 0 Å². The summed E-state index contributed by atoms with van der Waals surface area (Å²) in [5, 5.41) is 2.60. The SMILES string of the molecule is CCNC(=O)C(CC(C)=O)N(C)C(C)=O. The molecule has 0 fully saturated rings. The van der Waals surface area contributed by atoms with Crippen molar-refractivity contribution in [2.75, 3.05) is 13.6 Å². The van der Waals surface area contributed by atoms with Gasteiger partial charge in [0, 0.05) is 26.9 Å². The first kappa shape index (κ1) is 13.6. The Morgan fingerprint density at radius 2 is 1.80 bits per heavy atom. The van der Waals surface area contributed by atoms with Crippen molar-refractivity contribution in [3.05, 3.63) is 0 Å². The van der Waals surface area contributed by atoms with Gasteiger partial charge in [0.2, 0.25) is 11.8 Å². The first-order chi connectivity index (χ1) is 6.90. The van der Waals surface area contributed by atoms with Crippen LogP contribution in [0.15, 0.2) is 0 Å². The van der Waals surface area contributed by atoms with Gasteiger partial charge in [-0.25, -0.2) is 0 Å². The molecule has 0 saturated carbocycles. The fraction of sp³-hybridized carbons (Fsp3) is 0.700. The monoisotopic (exact) mass is 214 g/mol. The van der Waals surface area contributed by atoms with Crippen molar-refractivity contribution in [2.24, 2.45) is 0 Å². The fourth-order valence-electron chi connectivity index (χ4n) is 1.19. The molecule has 0 aromatic carbocycles. The lowest BCUT2D eigenvalue weighted by Crippen LogP contribution is -2.47. The van der Waals surface area contributed by atoms with Crippen LogP contribution in [-0.2, 0) is 14.4 Å². The van der Waals surface area contributed by atoms with Crippen molar-refractivity contribution >= 4 is 17.6 Å². The molecular weight excluding hydrogens is 196 g/mol. The summed E-state index contributed by atoms with van der Waals surface area (Å²) >= 11 is 0. The molecule has 15 heavy (non-hydrogen) atoms. The molecule has 2 amide bonds. The summed E-state index contributed by atoms with van der Waals surface area (Å²) in [6.45, 7) is 5.04. The molecular formula is C10H18N2O3. The van der Waals surface area contributed by atoms with Crippen LogP contribution in [0.4, 0.5) is 0 Å². The first-order valence-electron chi connectivity index (χ1n) is 4.90. The minimum Gasteiger partial charge on any atom is -0.355 e. The van der Waals surface area contributed by atoms with E-state index < -0.39 is 6.04 Å². The molecule has 86 valence electrons. The highest BCUT2D eigenvalue weighted by molar-refractivity contribution is 5.91.